The molecular formula is C23H21ClF2O5S. The molecule has 0 spiro atoms. The second-order valence-electron chi connectivity index (χ2n) is 7.74. The number of Topliss-reactive ketones (excluding diaryl/α,β-unsaturated/α-hetero) is 1. The summed E-state index contributed by atoms with van der Waals surface area (Å²) in [7, 11) is -3.37. The minimum absolute atomic E-state index is 0.197. The predicted octanol–water partition coefficient (Wildman–Crippen LogP) is 4.78. The van der Waals surface area contributed by atoms with Crippen LogP contribution in [0, 0.1) is 17.0 Å². The number of esters is 1. The summed E-state index contributed by atoms with van der Waals surface area (Å²) in [5, 5.41) is 0.282. The zero-order valence-corrected chi connectivity index (χ0v) is 18.8. The molecular weight excluding hydrogens is 462 g/mol. The average molecular weight is 483 g/mol. The van der Waals surface area contributed by atoms with Crippen molar-refractivity contribution in [1.29, 1.82) is 0 Å². The Labute approximate surface area is 190 Å². The number of methoxy groups -OCH3 is 1. The Bertz CT molecular complexity index is 1170. The lowest BCUT2D eigenvalue weighted by molar-refractivity contribution is -0.161. The van der Waals surface area contributed by atoms with Gasteiger partial charge in [0.05, 0.1) is 12.0 Å². The van der Waals surface area contributed by atoms with E-state index in [1.54, 1.807) is 0 Å². The first-order valence-corrected chi connectivity index (χ1v) is 11.6. The number of allylic oxidation sites excluding steroid dienone is 1. The number of hydrogen-bond acceptors (Lipinski definition) is 5. The molecule has 0 aliphatic heterocycles. The lowest BCUT2D eigenvalue weighted by atomic mass is 9.64. The third-order valence-electron chi connectivity index (χ3n) is 6.00. The van der Waals surface area contributed by atoms with Gasteiger partial charge in [0.1, 0.15) is 21.8 Å². The van der Waals surface area contributed by atoms with Crippen molar-refractivity contribution < 1.29 is 31.5 Å². The Morgan fingerprint density at radius 1 is 1.22 bits per heavy atom. The first-order chi connectivity index (χ1) is 15.0. The van der Waals surface area contributed by atoms with Crippen LogP contribution < -0.4 is 0 Å². The zero-order chi connectivity index (χ0) is 23.7. The monoisotopic (exact) mass is 482 g/mol. The highest BCUT2D eigenvalue weighted by Gasteiger charge is 2.61. The summed E-state index contributed by atoms with van der Waals surface area (Å²) in [6, 6.07) is 7.71. The molecule has 2 aromatic carbocycles. The molecule has 1 aliphatic rings. The van der Waals surface area contributed by atoms with Crippen molar-refractivity contribution >= 4 is 33.2 Å². The molecule has 0 amide bonds. The molecule has 2 aromatic rings. The summed E-state index contributed by atoms with van der Waals surface area (Å²) in [5.74, 6) is -3.30. The average Bonchev–Trinajstić information content (AvgIpc) is 2.76. The summed E-state index contributed by atoms with van der Waals surface area (Å²) in [5.41, 5.74) is -2.36. The highest BCUT2D eigenvalue weighted by atomic mass is 35.5. The molecule has 0 N–H and O–H groups in total. The van der Waals surface area contributed by atoms with E-state index in [9.17, 15) is 22.4 Å². The van der Waals surface area contributed by atoms with Crippen molar-refractivity contribution in [1.82, 2.24) is 0 Å². The first kappa shape index (κ1) is 24.1. The molecule has 0 heterocycles. The van der Waals surface area contributed by atoms with Crippen LogP contribution in [0.15, 0.2) is 60.0 Å². The SMILES string of the molecule is C=CCC1(C(=O)OC)CC(c2cc(F)ccc2F)(S(=O)(=O)c2ccc(Cl)cc2)CCC1=O. The van der Waals surface area contributed by atoms with Crippen LogP contribution in [0.2, 0.25) is 5.02 Å². The Hall–Kier alpha value is -2.58. The fraction of sp³-hybridized carbons (Fsp3) is 0.304. The van der Waals surface area contributed by atoms with Crippen LogP contribution in [0.3, 0.4) is 0 Å². The topological polar surface area (TPSA) is 77.5 Å². The second-order valence-corrected chi connectivity index (χ2v) is 10.4. The molecule has 3 rings (SSSR count). The van der Waals surface area contributed by atoms with Crippen molar-refractivity contribution in [3.05, 3.63) is 77.3 Å². The van der Waals surface area contributed by atoms with Gasteiger partial charge in [0.25, 0.3) is 0 Å². The summed E-state index contributed by atoms with van der Waals surface area (Å²) in [6.07, 6.45) is -0.225. The summed E-state index contributed by atoms with van der Waals surface area (Å²) in [6.45, 7) is 3.57. The maximum absolute atomic E-state index is 15.1. The Kier molecular flexibility index (Phi) is 6.58. The van der Waals surface area contributed by atoms with Crippen LogP contribution >= 0.6 is 11.6 Å². The van der Waals surface area contributed by atoms with Crippen molar-refractivity contribution in [2.24, 2.45) is 5.41 Å². The number of ketones is 1. The quantitative estimate of drug-likeness (QED) is 0.336. The molecule has 9 heteroatoms. The normalized spacial score (nSPS) is 23.6. The molecule has 2 atom stereocenters. The number of sulfone groups is 1. The molecule has 1 aliphatic carbocycles. The van der Waals surface area contributed by atoms with Gasteiger partial charge in [-0.1, -0.05) is 17.7 Å². The number of benzene rings is 2. The van der Waals surface area contributed by atoms with Gasteiger partial charge in [0, 0.05) is 17.0 Å². The van der Waals surface area contributed by atoms with Crippen molar-refractivity contribution in [3.8, 4) is 0 Å². The molecule has 0 aromatic heterocycles. The largest absolute Gasteiger partial charge is 0.468 e. The third kappa shape index (κ3) is 3.75. The molecule has 170 valence electrons. The fourth-order valence-corrected chi connectivity index (χ4v) is 6.74. The van der Waals surface area contributed by atoms with E-state index in [2.05, 4.69) is 6.58 Å². The molecule has 1 fully saturated rings. The molecule has 32 heavy (non-hydrogen) atoms. The molecule has 0 radical (unpaired) electrons. The summed E-state index contributed by atoms with van der Waals surface area (Å²) < 4.78 is 59.9. The predicted molar refractivity (Wildman–Crippen MR) is 115 cm³/mol. The van der Waals surface area contributed by atoms with Crippen molar-refractivity contribution in [2.45, 2.75) is 35.3 Å². The highest BCUT2D eigenvalue weighted by Crippen LogP contribution is 2.54. The van der Waals surface area contributed by atoms with E-state index in [4.69, 9.17) is 16.3 Å². The molecule has 0 saturated heterocycles. The summed E-state index contributed by atoms with van der Waals surface area (Å²) >= 11 is 5.89. The van der Waals surface area contributed by atoms with Gasteiger partial charge in [-0.25, -0.2) is 17.2 Å². The highest BCUT2D eigenvalue weighted by molar-refractivity contribution is 7.92. The van der Waals surface area contributed by atoms with Crippen LogP contribution in [0.1, 0.15) is 31.2 Å². The Morgan fingerprint density at radius 2 is 1.88 bits per heavy atom. The van der Waals surface area contributed by atoms with Crippen molar-refractivity contribution in [3.63, 3.8) is 0 Å². The number of ether oxygens (including phenoxy) is 1. The van der Waals surface area contributed by atoms with Gasteiger partial charge in [0.15, 0.2) is 15.6 Å². The zero-order valence-electron chi connectivity index (χ0n) is 17.2. The minimum Gasteiger partial charge on any atom is -0.468 e. The number of carbonyl (C=O) groups is 2. The van der Waals surface area contributed by atoms with Crippen molar-refractivity contribution in [2.75, 3.05) is 7.11 Å². The van der Waals surface area contributed by atoms with Gasteiger partial charge in [-0.3, -0.25) is 9.59 Å². The number of carbonyl (C=O) groups excluding carboxylic acids is 2. The fourth-order valence-electron chi connectivity index (χ4n) is 4.42. The lowest BCUT2D eigenvalue weighted by Crippen LogP contribution is -2.53. The second kappa shape index (κ2) is 8.75. The number of hydrogen-bond donors (Lipinski definition) is 0. The molecule has 0 bridgehead atoms. The van der Waals surface area contributed by atoms with Gasteiger partial charge in [-0.2, -0.15) is 0 Å². The van der Waals surface area contributed by atoms with E-state index in [1.807, 2.05) is 0 Å². The van der Waals surface area contributed by atoms with Gasteiger partial charge in [-0.15, -0.1) is 6.58 Å². The standard InChI is InChI=1S/C23H21ClF2O5S/c1-3-11-22(21(28)31-2)14-23(12-10-20(22)27,18-13-16(25)6-9-19(18)26)32(29,30)17-7-4-15(24)5-8-17/h3-9,13H,1,10-12,14H2,2H3. The van der Waals surface area contributed by atoms with Crippen LogP contribution in [0.4, 0.5) is 8.78 Å². The van der Waals surface area contributed by atoms with Gasteiger partial charge < -0.3 is 4.74 Å². The Morgan fingerprint density at radius 3 is 2.47 bits per heavy atom. The van der Waals surface area contributed by atoms with Gasteiger partial charge in [-0.05, 0) is 61.7 Å². The van der Waals surface area contributed by atoms with Gasteiger partial charge >= 0.3 is 5.97 Å². The number of rotatable bonds is 6. The maximum atomic E-state index is 15.1. The van der Waals surface area contributed by atoms with E-state index in [-0.39, 0.29) is 29.2 Å². The van der Waals surface area contributed by atoms with E-state index in [0.29, 0.717) is 0 Å². The van der Waals surface area contributed by atoms with Crippen LogP contribution in [-0.2, 0) is 28.9 Å². The Balaban J connectivity index is 2.37. The van der Waals surface area contributed by atoms with E-state index >= 15 is 4.39 Å². The molecule has 5 nitrogen and oxygen atoms in total. The first-order valence-electron chi connectivity index (χ1n) is 9.72. The minimum atomic E-state index is -4.45. The smallest absolute Gasteiger partial charge is 0.319 e. The van der Waals surface area contributed by atoms with Crippen LogP contribution in [-0.4, -0.2) is 27.3 Å². The van der Waals surface area contributed by atoms with Crippen LogP contribution in [0.5, 0.6) is 0 Å². The van der Waals surface area contributed by atoms with E-state index in [0.717, 1.165) is 25.3 Å². The maximum Gasteiger partial charge on any atom is 0.319 e. The van der Waals surface area contributed by atoms with E-state index < -0.39 is 55.4 Å². The van der Waals surface area contributed by atoms with Gasteiger partial charge in [0.2, 0.25) is 0 Å². The summed E-state index contributed by atoms with van der Waals surface area (Å²) in [4.78, 5) is 25.6. The lowest BCUT2D eigenvalue weighted by Gasteiger charge is -2.44. The van der Waals surface area contributed by atoms with Crippen LogP contribution in [0.25, 0.3) is 0 Å². The van der Waals surface area contributed by atoms with E-state index in [1.165, 1.54) is 30.3 Å². The third-order valence-corrected chi connectivity index (χ3v) is 8.75. The molecule has 2 unspecified atom stereocenters. The molecule has 1 saturated carbocycles. The number of halogens is 3.